The molecule has 8 heteroatoms. The maximum absolute atomic E-state index is 11.7. The fourth-order valence-electron chi connectivity index (χ4n) is 2.23. The summed E-state index contributed by atoms with van der Waals surface area (Å²) in [5.41, 5.74) is 1.86. The van der Waals surface area contributed by atoms with Crippen LogP contribution in [0, 0.1) is 0 Å². The van der Waals surface area contributed by atoms with E-state index < -0.39 is 0 Å². The fraction of sp³-hybridized carbons (Fsp3) is 0.312. The maximum atomic E-state index is 11.7. The molecule has 3 rings (SSSR count). The number of benzene rings is 1. The first kappa shape index (κ1) is 16.8. The van der Waals surface area contributed by atoms with Gasteiger partial charge in [0, 0.05) is 23.2 Å². The molecule has 0 aliphatic carbocycles. The largest absolute Gasteiger partial charge is 0.497 e. The number of H-pyrrole nitrogens is 1. The minimum atomic E-state index is -0.158. The molecule has 3 aromatic rings. The molecule has 2 heterocycles. The van der Waals surface area contributed by atoms with Gasteiger partial charge in [-0.2, -0.15) is 0 Å². The standard InChI is InChI=1S/C16H18N4O2S2/c1-3-7-20-15(21)18-19-16(20)24-10-12-9-23-14(17-12)11-5-4-6-13(8-11)22-2/h4-6,8-9H,3,7,10H2,1-2H3,(H,18,21). The number of aromatic nitrogens is 4. The van der Waals surface area contributed by atoms with Crippen LogP contribution in [0.2, 0.25) is 0 Å². The third kappa shape index (κ3) is 3.70. The number of thioether (sulfide) groups is 1. The molecule has 0 unspecified atom stereocenters. The van der Waals surface area contributed by atoms with Gasteiger partial charge in [0.15, 0.2) is 5.16 Å². The molecule has 0 aliphatic heterocycles. The zero-order chi connectivity index (χ0) is 16.9. The van der Waals surface area contributed by atoms with Gasteiger partial charge in [0.1, 0.15) is 10.8 Å². The molecule has 0 bridgehead atoms. The summed E-state index contributed by atoms with van der Waals surface area (Å²) in [5, 5.41) is 10.3. The van der Waals surface area contributed by atoms with E-state index in [1.807, 2.05) is 36.6 Å². The highest BCUT2D eigenvalue weighted by Crippen LogP contribution is 2.29. The van der Waals surface area contributed by atoms with Crippen LogP contribution in [0.3, 0.4) is 0 Å². The topological polar surface area (TPSA) is 72.8 Å². The first-order valence-electron chi connectivity index (χ1n) is 7.58. The van der Waals surface area contributed by atoms with Crippen LogP contribution in [0.25, 0.3) is 10.6 Å². The van der Waals surface area contributed by atoms with E-state index in [0.29, 0.717) is 17.5 Å². The van der Waals surface area contributed by atoms with Crippen molar-refractivity contribution < 1.29 is 4.74 Å². The number of nitrogens with one attached hydrogen (secondary N) is 1. The molecule has 0 amide bonds. The molecule has 0 aliphatic rings. The second kappa shape index (κ2) is 7.67. The smallest absolute Gasteiger partial charge is 0.343 e. The van der Waals surface area contributed by atoms with Crippen LogP contribution in [0.5, 0.6) is 5.75 Å². The van der Waals surface area contributed by atoms with Crippen molar-refractivity contribution >= 4 is 23.1 Å². The van der Waals surface area contributed by atoms with E-state index >= 15 is 0 Å². The van der Waals surface area contributed by atoms with Crippen molar-refractivity contribution in [1.82, 2.24) is 19.7 Å². The summed E-state index contributed by atoms with van der Waals surface area (Å²) in [7, 11) is 1.66. The summed E-state index contributed by atoms with van der Waals surface area (Å²) in [6.45, 7) is 2.71. The molecule has 24 heavy (non-hydrogen) atoms. The van der Waals surface area contributed by atoms with E-state index in [0.717, 1.165) is 28.4 Å². The number of nitrogens with zero attached hydrogens (tertiary/aromatic N) is 3. The molecule has 2 aromatic heterocycles. The maximum Gasteiger partial charge on any atom is 0.343 e. The van der Waals surface area contributed by atoms with E-state index in [9.17, 15) is 4.79 Å². The van der Waals surface area contributed by atoms with Crippen molar-refractivity contribution in [3.63, 3.8) is 0 Å². The number of aromatic amines is 1. The molecule has 1 N–H and O–H groups in total. The number of hydrogen-bond donors (Lipinski definition) is 1. The summed E-state index contributed by atoms with van der Waals surface area (Å²) in [6.07, 6.45) is 0.893. The first-order chi connectivity index (χ1) is 11.7. The summed E-state index contributed by atoms with van der Waals surface area (Å²) in [4.78, 5) is 16.4. The van der Waals surface area contributed by atoms with Crippen LogP contribution < -0.4 is 10.4 Å². The Morgan fingerprint density at radius 3 is 3.08 bits per heavy atom. The number of ether oxygens (including phenoxy) is 1. The van der Waals surface area contributed by atoms with Gasteiger partial charge in [-0.1, -0.05) is 30.8 Å². The molecule has 126 valence electrons. The second-order valence-corrected chi connectivity index (χ2v) is 6.93. The van der Waals surface area contributed by atoms with Gasteiger partial charge in [0.25, 0.3) is 0 Å². The Bertz CT molecular complexity index is 869. The van der Waals surface area contributed by atoms with Gasteiger partial charge in [-0.3, -0.25) is 4.57 Å². The van der Waals surface area contributed by atoms with Crippen LogP contribution in [0.4, 0.5) is 0 Å². The fourth-order valence-corrected chi connectivity index (χ4v) is 4.02. The quantitative estimate of drug-likeness (QED) is 0.652. The molecule has 6 nitrogen and oxygen atoms in total. The lowest BCUT2D eigenvalue weighted by Crippen LogP contribution is -2.17. The van der Waals surface area contributed by atoms with Gasteiger partial charge in [-0.25, -0.2) is 14.9 Å². The third-order valence-electron chi connectivity index (χ3n) is 3.39. The van der Waals surface area contributed by atoms with Crippen molar-refractivity contribution in [2.45, 2.75) is 30.8 Å². The van der Waals surface area contributed by atoms with Crippen molar-refractivity contribution in [1.29, 1.82) is 0 Å². The average Bonchev–Trinajstić information content (AvgIpc) is 3.21. The van der Waals surface area contributed by atoms with Crippen molar-refractivity contribution in [2.24, 2.45) is 0 Å². The van der Waals surface area contributed by atoms with Crippen LogP contribution in [0.15, 0.2) is 39.6 Å². The van der Waals surface area contributed by atoms with Gasteiger partial charge < -0.3 is 4.74 Å². The van der Waals surface area contributed by atoms with E-state index in [1.165, 1.54) is 11.8 Å². The Hall–Kier alpha value is -2.06. The number of methoxy groups -OCH3 is 1. The Kier molecular flexibility index (Phi) is 5.37. The Labute approximate surface area is 147 Å². The predicted octanol–water partition coefficient (Wildman–Crippen LogP) is 3.41. The van der Waals surface area contributed by atoms with Gasteiger partial charge in [0.2, 0.25) is 0 Å². The van der Waals surface area contributed by atoms with E-state index in [4.69, 9.17) is 4.74 Å². The van der Waals surface area contributed by atoms with Gasteiger partial charge in [-0.05, 0) is 18.6 Å². The Balaban J connectivity index is 1.71. The highest BCUT2D eigenvalue weighted by Gasteiger charge is 2.11. The second-order valence-electron chi connectivity index (χ2n) is 5.13. The summed E-state index contributed by atoms with van der Waals surface area (Å²) in [5.74, 6) is 1.49. The monoisotopic (exact) mass is 362 g/mol. The normalized spacial score (nSPS) is 10.9. The molecule has 0 atom stereocenters. The number of rotatable bonds is 7. The van der Waals surface area contributed by atoms with E-state index in [-0.39, 0.29) is 5.69 Å². The Morgan fingerprint density at radius 2 is 2.29 bits per heavy atom. The number of hydrogen-bond acceptors (Lipinski definition) is 6. The SMILES string of the molecule is CCCn1c(SCc2csc(-c3cccc(OC)c3)n2)n[nH]c1=O. The van der Waals surface area contributed by atoms with Crippen molar-refractivity contribution in [2.75, 3.05) is 7.11 Å². The van der Waals surface area contributed by atoms with Crippen molar-refractivity contribution in [3.05, 3.63) is 45.8 Å². The van der Waals surface area contributed by atoms with Crippen LogP contribution >= 0.6 is 23.1 Å². The lowest BCUT2D eigenvalue weighted by atomic mass is 10.2. The highest BCUT2D eigenvalue weighted by molar-refractivity contribution is 7.98. The molecule has 0 spiro atoms. The average molecular weight is 362 g/mol. The molecular formula is C16H18N4O2S2. The van der Waals surface area contributed by atoms with Crippen LogP contribution in [0.1, 0.15) is 19.0 Å². The van der Waals surface area contributed by atoms with Gasteiger partial charge in [0.05, 0.1) is 12.8 Å². The summed E-state index contributed by atoms with van der Waals surface area (Å²) >= 11 is 3.12. The Morgan fingerprint density at radius 1 is 1.42 bits per heavy atom. The lowest BCUT2D eigenvalue weighted by Gasteiger charge is -2.02. The lowest BCUT2D eigenvalue weighted by molar-refractivity contribution is 0.415. The third-order valence-corrected chi connectivity index (χ3v) is 5.34. The summed E-state index contributed by atoms with van der Waals surface area (Å²) in [6, 6.07) is 7.86. The van der Waals surface area contributed by atoms with Gasteiger partial charge in [-0.15, -0.1) is 16.4 Å². The molecular weight excluding hydrogens is 344 g/mol. The summed E-state index contributed by atoms with van der Waals surface area (Å²) < 4.78 is 6.92. The predicted molar refractivity (Wildman–Crippen MR) is 96.8 cm³/mol. The van der Waals surface area contributed by atoms with Crippen molar-refractivity contribution in [3.8, 4) is 16.3 Å². The minimum Gasteiger partial charge on any atom is -0.497 e. The molecule has 0 fully saturated rings. The molecule has 1 aromatic carbocycles. The van der Waals surface area contributed by atoms with Crippen LogP contribution in [-0.4, -0.2) is 26.9 Å². The van der Waals surface area contributed by atoms with Crippen LogP contribution in [-0.2, 0) is 12.3 Å². The van der Waals surface area contributed by atoms with E-state index in [1.54, 1.807) is 23.0 Å². The molecule has 0 saturated carbocycles. The van der Waals surface area contributed by atoms with Gasteiger partial charge >= 0.3 is 5.69 Å². The molecule has 0 radical (unpaired) electrons. The minimum absolute atomic E-state index is 0.158. The highest BCUT2D eigenvalue weighted by atomic mass is 32.2. The first-order valence-corrected chi connectivity index (χ1v) is 9.44. The number of thiazole rings is 1. The zero-order valence-corrected chi connectivity index (χ0v) is 15.1. The zero-order valence-electron chi connectivity index (χ0n) is 13.5. The molecule has 0 saturated heterocycles. The van der Waals surface area contributed by atoms with E-state index in [2.05, 4.69) is 15.2 Å².